The molecule has 6 nitrogen and oxygen atoms in total. The molecule has 4 rings (SSSR count). The summed E-state index contributed by atoms with van der Waals surface area (Å²) in [5, 5.41) is 4.00. The average molecular weight is 336 g/mol. The molecule has 2 aromatic heterocycles. The summed E-state index contributed by atoms with van der Waals surface area (Å²) in [6, 6.07) is 9.84. The molecule has 0 aliphatic carbocycles. The quantitative estimate of drug-likeness (QED) is 0.795. The van der Waals surface area contributed by atoms with Gasteiger partial charge in [-0.25, -0.2) is 4.79 Å². The second-order valence-electron chi connectivity index (χ2n) is 6.46. The summed E-state index contributed by atoms with van der Waals surface area (Å²) in [5.74, 6) is -0.193. The maximum absolute atomic E-state index is 12.7. The van der Waals surface area contributed by atoms with Crippen molar-refractivity contribution in [3.05, 3.63) is 64.0 Å². The topological polar surface area (TPSA) is 68.9 Å². The zero-order valence-corrected chi connectivity index (χ0v) is 14.2. The molecule has 1 aliphatic rings. The van der Waals surface area contributed by atoms with Crippen LogP contribution in [0.2, 0.25) is 0 Å². The third kappa shape index (κ3) is 2.73. The molecule has 1 aliphatic heterocycles. The van der Waals surface area contributed by atoms with E-state index >= 15 is 0 Å². The highest BCUT2D eigenvalue weighted by Gasteiger charge is 2.24. The van der Waals surface area contributed by atoms with Crippen molar-refractivity contribution in [2.45, 2.75) is 32.4 Å². The second-order valence-corrected chi connectivity index (χ2v) is 6.46. The van der Waals surface area contributed by atoms with Crippen molar-refractivity contribution in [2.24, 2.45) is 7.05 Å². The predicted molar refractivity (Wildman–Crippen MR) is 95.5 cm³/mol. The lowest BCUT2D eigenvalue weighted by atomic mass is 10.1. The number of carbonyl (C=O) groups is 1. The van der Waals surface area contributed by atoms with Crippen LogP contribution in [0, 0.1) is 0 Å². The summed E-state index contributed by atoms with van der Waals surface area (Å²) < 4.78 is 3.21. The predicted octanol–water partition coefficient (Wildman–Crippen LogP) is 2.00. The van der Waals surface area contributed by atoms with Crippen LogP contribution in [-0.2, 0) is 26.6 Å². The van der Waals surface area contributed by atoms with E-state index in [9.17, 15) is 9.59 Å². The van der Waals surface area contributed by atoms with Crippen LogP contribution >= 0.6 is 0 Å². The third-order valence-corrected chi connectivity index (χ3v) is 4.83. The lowest BCUT2D eigenvalue weighted by Crippen LogP contribution is -2.28. The zero-order chi connectivity index (χ0) is 17.4. The van der Waals surface area contributed by atoms with Gasteiger partial charge in [-0.1, -0.05) is 12.1 Å². The van der Waals surface area contributed by atoms with E-state index in [0.717, 1.165) is 41.4 Å². The molecule has 0 radical (unpaired) electrons. The summed E-state index contributed by atoms with van der Waals surface area (Å²) in [4.78, 5) is 29.3. The lowest BCUT2D eigenvalue weighted by molar-refractivity contribution is 0.0941. The first-order valence-corrected chi connectivity index (χ1v) is 8.55. The first-order valence-electron chi connectivity index (χ1n) is 8.55. The molecular formula is C19H20N4O2. The van der Waals surface area contributed by atoms with E-state index in [-0.39, 0.29) is 11.6 Å². The largest absolute Gasteiger partial charge is 0.347 e. The average Bonchev–Trinajstić information content (AvgIpc) is 2.91. The summed E-state index contributed by atoms with van der Waals surface area (Å²) >= 11 is 0. The van der Waals surface area contributed by atoms with Gasteiger partial charge in [0.2, 0.25) is 0 Å². The molecular weight excluding hydrogens is 316 g/mol. The Labute approximate surface area is 145 Å². The molecule has 128 valence electrons. The van der Waals surface area contributed by atoms with Crippen LogP contribution in [0.25, 0.3) is 10.9 Å². The normalized spacial score (nSPS) is 13.6. The van der Waals surface area contributed by atoms with Crippen molar-refractivity contribution in [1.29, 1.82) is 0 Å². The lowest BCUT2D eigenvalue weighted by Gasteiger charge is -2.14. The molecule has 0 fully saturated rings. The Morgan fingerprint density at radius 3 is 3.04 bits per heavy atom. The van der Waals surface area contributed by atoms with Crippen LogP contribution in [0.3, 0.4) is 0 Å². The van der Waals surface area contributed by atoms with Gasteiger partial charge in [-0.3, -0.25) is 18.9 Å². The van der Waals surface area contributed by atoms with E-state index in [1.807, 2.05) is 30.3 Å². The standard InChI is InChI=1S/C19H20N4O2/c1-22-17(16-6-2-3-10-23(16)19(22)25)18(24)21-12-13-7-8-15-14(11-13)5-4-9-20-15/h4-5,7-9,11H,2-3,6,10,12H2,1H3,(H,21,24). The molecule has 0 saturated carbocycles. The Morgan fingerprint density at radius 1 is 1.28 bits per heavy atom. The Kier molecular flexibility index (Phi) is 3.87. The minimum Gasteiger partial charge on any atom is -0.347 e. The van der Waals surface area contributed by atoms with Crippen LogP contribution in [0.1, 0.15) is 34.6 Å². The number of rotatable bonds is 3. The second kappa shape index (κ2) is 6.20. The molecule has 1 amide bonds. The van der Waals surface area contributed by atoms with E-state index in [0.29, 0.717) is 18.8 Å². The molecule has 3 aromatic rings. The Bertz CT molecular complexity index is 1020. The maximum atomic E-state index is 12.7. The number of amides is 1. The number of fused-ring (bicyclic) bond motifs is 2. The highest BCUT2D eigenvalue weighted by Crippen LogP contribution is 2.17. The number of nitrogens with one attached hydrogen (secondary N) is 1. The number of hydrogen-bond donors (Lipinski definition) is 1. The van der Waals surface area contributed by atoms with E-state index in [2.05, 4.69) is 10.3 Å². The van der Waals surface area contributed by atoms with E-state index in [1.54, 1.807) is 17.8 Å². The Hall–Kier alpha value is -2.89. The molecule has 0 unspecified atom stereocenters. The van der Waals surface area contributed by atoms with Gasteiger partial charge in [-0.15, -0.1) is 0 Å². The number of pyridine rings is 1. The SMILES string of the molecule is Cn1c(C(=O)NCc2ccc3ncccc3c2)c2n(c1=O)CCCC2. The van der Waals surface area contributed by atoms with Crippen molar-refractivity contribution < 1.29 is 4.79 Å². The van der Waals surface area contributed by atoms with Crippen LogP contribution in [0.15, 0.2) is 41.3 Å². The third-order valence-electron chi connectivity index (χ3n) is 4.83. The monoisotopic (exact) mass is 336 g/mol. The number of imidazole rings is 1. The summed E-state index contributed by atoms with van der Waals surface area (Å²) in [5.41, 5.74) is 3.19. The molecule has 0 atom stereocenters. The van der Waals surface area contributed by atoms with Crippen molar-refractivity contribution in [2.75, 3.05) is 0 Å². The van der Waals surface area contributed by atoms with Crippen molar-refractivity contribution >= 4 is 16.8 Å². The number of hydrogen-bond acceptors (Lipinski definition) is 3. The zero-order valence-electron chi connectivity index (χ0n) is 14.2. The van der Waals surface area contributed by atoms with Gasteiger partial charge < -0.3 is 5.32 Å². The molecule has 0 spiro atoms. The summed E-state index contributed by atoms with van der Waals surface area (Å²) in [6.07, 6.45) is 4.55. The van der Waals surface area contributed by atoms with Gasteiger partial charge in [0.25, 0.3) is 5.91 Å². The number of benzene rings is 1. The van der Waals surface area contributed by atoms with E-state index in [1.165, 1.54) is 4.57 Å². The molecule has 25 heavy (non-hydrogen) atoms. The molecule has 0 saturated heterocycles. The molecule has 3 heterocycles. The first-order chi connectivity index (χ1) is 12.1. The fourth-order valence-corrected chi connectivity index (χ4v) is 3.54. The molecule has 6 heteroatoms. The van der Waals surface area contributed by atoms with Gasteiger partial charge in [0.15, 0.2) is 0 Å². The Morgan fingerprint density at radius 2 is 2.16 bits per heavy atom. The smallest absolute Gasteiger partial charge is 0.328 e. The summed E-state index contributed by atoms with van der Waals surface area (Å²) in [7, 11) is 1.67. The number of carbonyl (C=O) groups excluding carboxylic acids is 1. The minimum absolute atomic E-state index is 0.100. The highest BCUT2D eigenvalue weighted by atomic mass is 16.2. The van der Waals surface area contributed by atoms with Gasteiger partial charge in [0.1, 0.15) is 5.69 Å². The van der Waals surface area contributed by atoms with Gasteiger partial charge in [0.05, 0.1) is 11.2 Å². The van der Waals surface area contributed by atoms with E-state index < -0.39 is 0 Å². The van der Waals surface area contributed by atoms with Gasteiger partial charge in [-0.2, -0.15) is 0 Å². The van der Waals surface area contributed by atoms with Gasteiger partial charge in [0, 0.05) is 31.7 Å². The van der Waals surface area contributed by atoms with Crippen LogP contribution in [0.4, 0.5) is 0 Å². The number of aromatic nitrogens is 3. The molecule has 0 bridgehead atoms. The highest BCUT2D eigenvalue weighted by molar-refractivity contribution is 5.93. The Balaban J connectivity index is 1.57. The minimum atomic E-state index is -0.193. The summed E-state index contributed by atoms with van der Waals surface area (Å²) in [6.45, 7) is 1.12. The molecule has 1 aromatic carbocycles. The van der Waals surface area contributed by atoms with Crippen LogP contribution in [0.5, 0.6) is 0 Å². The fraction of sp³-hybridized carbons (Fsp3) is 0.316. The van der Waals surface area contributed by atoms with Crippen molar-refractivity contribution in [3.63, 3.8) is 0 Å². The van der Waals surface area contributed by atoms with E-state index in [4.69, 9.17) is 0 Å². The fourth-order valence-electron chi connectivity index (χ4n) is 3.54. The van der Waals surface area contributed by atoms with Crippen molar-refractivity contribution in [3.8, 4) is 0 Å². The van der Waals surface area contributed by atoms with Crippen molar-refractivity contribution in [1.82, 2.24) is 19.4 Å². The first kappa shape index (κ1) is 15.6. The van der Waals surface area contributed by atoms with Crippen LogP contribution < -0.4 is 11.0 Å². The molecule has 1 N–H and O–H groups in total. The van der Waals surface area contributed by atoms with Gasteiger partial charge >= 0.3 is 5.69 Å². The maximum Gasteiger partial charge on any atom is 0.328 e. The number of nitrogens with zero attached hydrogens (tertiary/aromatic N) is 3. The van der Waals surface area contributed by atoms with Gasteiger partial charge in [-0.05, 0) is 43.0 Å². The van der Waals surface area contributed by atoms with Crippen LogP contribution in [-0.4, -0.2) is 20.0 Å².